The van der Waals surface area contributed by atoms with Crippen molar-refractivity contribution in [3.05, 3.63) is 64.0 Å². The minimum atomic E-state index is -0.850. The van der Waals surface area contributed by atoms with E-state index < -0.39 is 18.5 Å². The fraction of sp³-hybridized carbons (Fsp3) is 0.0714. The van der Waals surface area contributed by atoms with Crippen molar-refractivity contribution in [1.82, 2.24) is 0 Å². The van der Waals surface area contributed by atoms with Crippen LogP contribution in [0.2, 0.25) is 0 Å². The Balaban J connectivity index is 1.88. The van der Waals surface area contributed by atoms with E-state index in [1.165, 1.54) is 24.4 Å². The number of halogens is 1. The lowest BCUT2D eigenvalue weighted by Crippen LogP contribution is -2.35. The number of carbonyl (C=O) groups excluding carboxylic acids is 2. The molecule has 21 heavy (non-hydrogen) atoms. The highest BCUT2D eigenvalue weighted by Crippen LogP contribution is 2.13. The minimum Gasteiger partial charge on any atom is -0.618 e. The summed E-state index contributed by atoms with van der Waals surface area (Å²) in [5.74, 6) is -1.34. The molecule has 0 radical (unpaired) electrons. The maximum absolute atomic E-state index is 11.6. The van der Waals surface area contributed by atoms with E-state index in [4.69, 9.17) is 4.74 Å². The first-order chi connectivity index (χ1) is 10.1. The van der Waals surface area contributed by atoms with Gasteiger partial charge in [-0.05, 0) is 30.3 Å². The van der Waals surface area contributed by atoms with Crippen molar-refractivity contribution in [1.29, 1.82) is 0 Å². The maximum Gasteiger partial charge on any atom is 0.405 e. The van der Waals surface area contributed by atoms with Gasteiger partial charge in [-0.3, -0.25) is 4.79 Å². The van der Waals surface area contributed by atoms with Crippen molar-refractivity contribution < 1.29 is 19.1 Å². The van der Waals surface area contributed by atoms with Crippen molar-refractivity contribution in [3.63, 3.8) is 0 Å². The number of pyridine rings is 1. The molecule has 0 aliphatic rings. The summed E-state index contributed by atoms with van der Waals surface area (Å²) >= 11 is 3.28. The fourth-order valence-corrected chi connectivity index (χ4v) is 1.79. The van der Waals surface area contributed by atoms with Crippen LogP contribution in [0.1, 0.15) is 10.5 Å². The van der Waals surface area contributed by atoms with Gasteiger partial charge in [0.1, 0.15) is 0 Å². The Morgan fingerprint density at radius 1 is 1.19 bits per heavy atom. The van der Waals surface area contributed by atoms with Gasteiger partial charge in [0, 0.05) is 22.3 Å². The van der Waals surface area contributed by atoms with Crippen LogP contribution in [0.15, 0.2) is 53.1 Å². The third-order valence-electron chi connectivity index (χ3n) is 2.50. The molecule has 2 aromatic rings. The molecule has 0 bridgehead atoms. The largest absolute Gasteiger partial charge is 0.618 e. The molecule has 0 aliphatic heterocycles. The van der Waals surface area contributed by atoms with Gasteiger partial charge in [0.2, 0.25) is 0 Å². The standard InChI is InChI=1S/C14H11BrN2O4/c15-10-4-6-11(7-5-10)16-13(18)9-21-14(19)12-3-1-2-8-17(12)20/h1-8H,9H2,(H,16,18). The zero-order valence-corrected chi connectivity index (χ0v) is 12.4. The molecule has 0 spiro atoms. The summed E-state index contributed by atoms with van der Waals surface area (Å²) in [5, 5.41) is 13.9. The van der Waals surface area contributed by atoms with Crippen molar-refractivity contribution in [2.75, 3.05) is 11.9 Å². The second-order valence-electron chi connectivity index (χ2n) is 4.04. The summed E-state index contributed by atoms with van der Waals surface area (Å²) in [6.07, 6.45) is 1.18. The Kier molecular flexibility index (Phi) is 4.89. The van der Waals surface area contributed by atoms with Crippen molar-refractivity contribution in [3.8, 4) is 0 Å². The highest BCUT2D eigenvalue weighted by atomic mass is 79.9. The molecule has 0 atom stereocenters. The average Bonchev–Trinajstić information content (AvgIpc) is 2.48. The van der Waals surface area contributed by atoms with Gasteiger partial charge in [0.15, 0.2) is 12.8 Å². The number of nitrogens with zero attached hydrogens (tertiary/aromatic N) is 1. The van der Waals surface area contributed by atoms with E-state index in [1.54, 1.807) is 24.3 Å². The number of carbonyl (C=O) groups is 2. The lowest BCUT2D eigenvalue weighted by atomic mass is 10.3. The van der Waals surface area contributed by atoms with Crippen LogP contribution in [0.25, 0.3) is 0 Å². The Hall–Kier alpha value is -2.41. The normalized spacial score (nSPS) is 9.95. The molecule has 0 fully saturated rings. The molecule has 0 unspecified atom stereocenters. The van der Waals surface area contributed by atoms with Crippen LogP contribution < -0.4 is 10.0 Å². The molecule has 108 valence electrons. The van der Waals surface area contributed by atoms with Crippen molar-refractivity contribution in [2.24, 2.45) is 0 Å². The van der Waals surface area contributed by atoms with Gasteiger partial charge < -0.3 is 15.3 Å². The van der Waals surface area contributed by atoms with E-state index in [0.717, 1.165) is 4.47 Å². The molecule has 1 heterocycles. The van der Waals surface area contributed by atoms with Gasteiger partial charge in [-0.25, -0.2) is 4.79 Å². The fourth-order valence-electron chi connectivity index (χ4n) is 1.52. The number of hydrogen-bond acceptors (Lipinski definition) is 4. The quantitative estimate of drug-likeness (QED) is 0.518. The molecule has 1 aromatic carbocycles. The molecule has 1 amide bonds. The van der Waals surface area contributed by atoms with Crippen LogP contribution in [0, 0.1) is 5.21 Å². The number of esters is 1. The number of nitrogens with one attached hydrogen (secondary N) is 1. The van der Waals surface area contributed by atoms with Crippen LogP contribution in [0.4, 0.5) is 5.69 Å². The Morgan fingerprint density at radius 2 is 1.90 bits per heavy atom. The van der Waals surface area contributed by atoms with Gasteiger partial charge in [0.05, 0.1) is 0 Å². The molecular weight excluding hydrogens is 340 g/mol. The van der Waals surface area contributed by atoms with Gasteiger partial charge in [0.25, 0.3) is 5.91 Å². The second-order valence-corrected chi connectivity index (χ2v) is 4.96. The van der Waals surface area contributed by atoms with Crippen LogP contribution in [0.5, 0.6) is 0 Å². The van der Waals surface area contributed by atoms with Crippen LogP contribution >= 0.6 is 15.9 Å². The van der Waals surface area contributed by atoms with E-state index in [0.29, 0.717) is 10.4 Å². The first kappa shape index (κ1) is 15.0. The van der Waals surface area contributed by atoms with E-state index in [9.17, 15) is 14.8 Å². The number of anilines is 1. The first-order valence-corrected chi connectivity index (χ1v) is 6.76. The summed E-state index contributed by atoms with van der Waals surface area (Å²) in [7, 11) is 0. The van der Waals surface area contributed by atoms with E-state index >= 15 is 0 Å². The lowest BCUT2D eigenvalue weighted by molar-refractivity contribution is -0.608. The molecule has 1 N–H and O–H groups in total. The monoisotopic (exact) mass is 350 g/mol. The molecule has 1 aromatic heterocycles. The number of benzene rings is 1. The highest BCUT2D eigenvalue weighted by Gasteiger charge is 2.18. The smallest absolute Gasteiger partial charge is 0.405 e. The SMILES string of the molecule is O=C(COC(=O)c1cccc[n+]1[O-])Nc1ccc(Br)cc1. The average molecular weight is 351 g/mol. The molecule has 0 aliphatic carbocycles. The number of hydrogen-bond donors (Lipinski definition) is 1. The number of rotatable bonds is 4. The lowest BCUT2D eigenvalue weighted by Gasteiger charge is -2.06. The summed E-state index contributed by atoms with van der Waals surface area (Å²) in [6, 6.07) is 11.3. The Labute approximate surface area is 129 Å². The van der Waals surface area contributed by atoms with Gasteiger partial charge in [-0.15, -0.1) is 0 Å². The third kappa shape index (κ3) is 4.28. The Bertz CT molecular complexity index is 658. The van der Waals surface area contributed by atoms with E-state index in [-0.39, 0.29) is 5.69 Å². The molecule has 0 saturated carbocycles. The summed E-state index contributed by atoms with van der Waals surface area (Å²) in [6.45, 7) is -0.468. The van der Waals surface area contributed by atoms with Crippen LogP contribution in [-0.4, -0.2) is 18.5 Å². The van der Waals surface area contributed by atoms with Crippen LogP contribution in [0.3, 0.4) is 0 Å². The first-order valence-electron chi connectivity index (χ1n) is 5.97. The van der Waals surface area contributed by atoms with Gasteiger partial charge >= 0.3 is 11.7 Å². The predicted octanol–water partition coefficient (Wildman–Crippen LogP) is 1.88. The topological polar surface area (TPSA) is 82.3 Å². The number of amides is 1. The minimum absolute atomic E-state index is 0.172. The highest BCUT2D eigenvalue weighted by molar-refractivity contribution is 9.10. The summed E-state index contributed by atoms with van der Waals surface area (Å²) < 4.78 is 6.05. The third-order valence-corrected chi connectivity index (χ3v) is 3.02. The maximum atomic E-state index is 11.6. The van der Waals surface area contributed by atoms with Crippen molar-refractivity contribution >= 4 is 33.5 Å². The van der Waals surface area contributed by atoms with E-state index in [2.05, 4.69) is 21.2 Å². The molecule has 0 saturated heterocycles. The van der Waals surface area contributed by atoms with Crippen LogP contribution in [-0.2, 0) is 9.53 Å². The van der Waals surface area contributed by atoms with Gasteiger partial charge in [-0.1, -0.05) is 15.9 Å². The zero-order chi connectivity index (χ0) is 15.2. The summed E-state index contributed by atoms with van der Waals surface area (Å²) in [4.78, 5) is 23.3. The summed E-state index contributed by atoms with van der Waals surface area (Å²) in [5.41, 5.74) is 0.409. The van der Waals surface area contributed by atoms with Gasteiger partial charge in [-0.2, -0.15) is 4.73 Å². The molecule has 6 nitrogen and oxygen atoms in total. The zero-order valence-electron chi connectivity index (χ0n) is 10.8. The Morgan fingerprint density at radius 3 is 2.57 bits per heavy atom. The van der Waals surface area contributed by atoms with E-state index in [1.807, 2.05) is 0 Å². The molecule has 2 rings (SSSR count). The number of ether oxygens (including phenoxy) is 1. The number of aromatic nitrogens is 1. The van der Waals surface area contributed by atoms with Crippen molar-refractivity contribution in [2.45, 2.75) is 0 Å². The molecule has 7 heteroatoms. The molecular formula is C14H11BrN2O4. The predicted molar refractivity (Wildman–Crippen MR) is 78.5 cm³/mol. The second kappa shape index (κ2) is 6.85.